The third-order valence-corrected chi connectivity index (χ3v) is 2.96. The molecule has 1 heterocycles. The molecule has 2 aromatic rings. The fraction of sp³-hybridized carbons (Fsp3) is 0.357. The number of nitrogens with zero attached hydrogens (tertiary/aromatic N) is 2. The Morgan fingerprint density at radius 3 is 2.47 bits per heavy atom. The molecule has 0 N–H and O–H groups in total. The van der Waals surface area contributed by atoms with E-state index in [1.807, 2.05) is 19.1 Å². The first kappa shape index (κ1) is 12.2. The average molecular weight is 249 g/mol. The van der Waals surface area contributed by atoms with Gasteiger partial charge in [-0.05, 0) is 24.6 Å². The Hall–Kier alpha value is -1.28. The van der Waals surface area contributed by atoms with Crippen molar-refractivity contribution in [2.45, 2.75) is 33.2 Å². The van der Waals surface area contributed by atoms with Crippen molar-refractivity contribution in [2.75, 3.05) is 0 Å². The van der Waals surface area contributed by atoms with E-state index in [0.29, 0.717) is 5.92 Å². The summed E-state index contributed by atoms with van der Waals surface area (Å²) in [7, 11) is 0. The first-order valence-corrected chi connectivity index (χ1v) is 6.22. The van der Waals surface area contributed by atoms with E-state index >= 15 is 0 Å². The molecule has 90 valence electrons. The van der Waals surface area contributed by atoms with Crippen LogP contribution in [0.5, 0.6) is 0 Å². The normalized spacial score (nSPS) is 11.1. The molecule has 0 radical (unpaired) electrons. The van der Waals surface area contributed by atoms with Crippen LogP contribution in [0.4, 0.5) is 0 Å². The molecule has 0 unspecified atom stereocenters. The van der Waals surface area contributed by atoms with Crippen molar-refractivity contribution < 1.29 is 0 Å². The standard InChI is InChI=1S/C14H17ClN2/c1-10(2)14-16-11(3)8-17(14)9-12-4-6-13(15)7-5-12/h4-8,10H,9H2,1-3H3. The van der Waals surface area contributed by atoms with E-state index in [1.54, 1.807) is 0 Å². The first-order chi connectivity index (χ1) is 8.06. The summed E-state index contributed by atoms with van der Waals surface area (Å²) in [4.78, 5) is 4.56. The van der Waals surface area contributed by atoms with E-state index in [2.05, 4.69) is 41.7 Å². The van der Waals surface area contributed by atoms with Gasteiger partial charge in [0.25, 0.3) is 0 Å². The summed E-state index contributed by atoms with van der Waals surface area (Å²) < 4.78 is 2.21. The fourth-order valence-corrected chi connectivity index (χ4v) is 2.07. The smallest absolute Gasteiger partial charge is 0.111 e. The number of hydrogen-bond acceptors (Lipinski definition) is 1. The third-order valence-electron chi connectivity index (χ3n) is 2.71. The molecule has 0 aliphatic carbocycles. The minimum atomic E-state index is 0.441. The molecule has 2 rings (SSSR count). The maximum Gasteiger partial charge on any atom is 0.111 e. The van der Waals surface area contributed by atoms with Crippen molar-refractivity contribution in [1.29, 1.82) is 0 Å². The third kappa shape index (κ3) is 2.89. The Morgan fingerprint density at radius 2 is 1.88 bits per heavy atom. The number of rotatable bonds is 3. The van der Waals surface area contributed by atoms with Crippen LogP contribution in [-0.4, -0.2) is 9.55 Å². The van der Waals surface area contributed by atoms with E-state index in [4.69, 9.17) is 11.6 Å². The Kier molecular flexibility index (Phi) is 3.53. The van der Waals surface area contributed by atoms with Crippen LogP contribution in [0.3, 0.4) is 0 Å². The van der Waals surface area contributed by atoms with Gasteiger partial charge in [0, 0.05) is 23.7 Å². The van der Waals surface area contributed by atoms with Crippen LogP contribution in [0.1, 0.15) is 36.8 Å². The van der Waals surface area contributed by atoms with Gasteiger partial charge in [0.1, 0.15) is 5.82 Å². The minimum absolute atomic E-state index is 0.441. The van der Waals surface area contributed by atoms with E-state index < -0.39 is 0 Å². The van der Waals surface area contributed by atoms with Crippen LogP contribution < -0.4 is 0 Å². The number of aromatic nitrogens is 2. The van der Waals surface area contributed by atoms with Crippen molar-refractivity contribution in [2.24, 2.45) is 0 Å². The van der Waals surface area contributed by atoms with Gasteiger partial charge in [-0.1, -0.05) is 37.6 Å². The molecule has 0 saturated heterocycles. The molecule has 0 bridgehead atoms. The van der Waals surface area contributed by atoms with Gasteiger partial charge in [0.05, 0.1) is 5.69 Å². The van der Waals surface area contributed by atoms with Crippen LogP contribution in [0.25, 0.3) is 0 Å². The van der Waals surface area contributed by atoms with E-state index in [9.17, 15) is 0 Å². The van der Waals surface area contributed by atoms with Crippen LogP contribution in [-0.2, 0) is 6.54 Å². The summed E-state index contributed by atoms with van der Waals surface area (Å²) in [6, 6.07) is 7.97. The Bertz CT molecular complexity index is 497. The zero-order valence-electron chi connectivity index (χ0n) is 10.4. The predicted octanol–water partition coefficient (Wildman–Crippen LogP) is 4.02. The second-order valence-electron chi connectivity index (χ2n) is 4.65. The van der Waals surface area contributed by atoms with Gasteiger partial charge in [-0.3, -0.25) is 0 Å². The number of benzene rings is 1. The van der Waals surface area contributed by atoms with Crippen molar-refractivity contribution in [1.82, 2.24) is 9.55 Å². The molecule has 0 atom stereocenters. The fourth-order valence-electron chi connectivity index (χ4n) is 1.94. The van der Waals surface area contributed by atoms with Gasteiger partial charge in [-0.25, -0.2) is 4.98 Å². The minimum Gasteiger partial charge on any atom is -0.330 e. The summed E-state index contributed by atoms with van der Waals surface area (Å²) >= 11 is 5.88. The molecule has 0 spiro atoms. The molecule has 0 saturated carbocycles. The first-order valence-electron chi connectivity index (χ1n) is 5.84. The molecular weight excluding hydrogens is 232 g/mol. The predicted molar refractivity (Wildman–Crippen MR) is 71.6 cm³/mol. The molecule has 0 aliphatic heterocycles. The molecule has 1 aromatic heterocycles. The summed E-state index contributed by atoms with van der Waals surface area (Å²) in [5.74, 6) is 1.58. The zero-order valence-corrected chi connectivity index (χ0v) is 11.2. The Labute approximate surface area is 107 Å². The van der Waals surface area contributed by atoms with Crippen LogP contribution in [0.15, 0.2) is 30.5 Å². The molecule has 0 fully saturated rings. The van der Waals surface area contributed by atoms with Gasteiger partial charge in [-0.15, -0.1) is 0 Å². The van der Waals surface area contributed by atoms with E-state index in [-0.39, 0.29) is 0 Å². The lowest BCUT2D eigenvalue weighted by atomic mass is 10.2. The Balaban J connectivity index is 2.26. The lowest BCUT2D eigenvalue weighted by molar-refractivity contribution is 0.669. The molecule has 17 heavy (non-hydrogen) atoms. The molecule has 1 aromatic carbocycles. The average Bonchev–Trinajstić information content (AvgIpc) is 2.63. The largest absolute Gasteiger partial charge is 0.330 e. The zero-order chi connectivity index (χ0) is 12.4. The molecule has 2 nitrogen and oxygen atoms in total. The van der Waals surface area contributed by atoms with E-state index in [0.717, 1.165) is 23.1 Å². The maximum atomic E-state index is 5.88. The topological polar surface area (TPSA) is 17.8 Å². The van der Waals surface area contributed by atoms with Crippen LogP contribution >= 0.6 is 11.6 Å². The summed E-state index contributed by atoms with van der Waals surface area (Å²) in [5.41, 5.74) is 2.32. The SMILES string of the molecule is Cc1cn(Cc2ccc(Cl)cc2)c(C(C)C)n1. The van der Waals surface area contributed by atoms with Gasteiger partial charge in [0.2, 0.25) is 0 Å². The van der Waals surface area contributed by atoms with Gasteiger partial charge >= 0.3 is 0 Å². The lowest BCUT2D eigenvalue weighted by Crippen LogP contribution is -2.05. The maximum absolute atomic E-state index is 5.88. The second-order valence-corrected chi connectivity index (χ2v) is 5.09. The van der Waals surface area contributed by atoms with Gasteiger partial charge < -0.3 is 4.57 Å². The molecule has 0 amide bonds. The van der Waals surface area contributed by atoms with Crippen molar-refractivity contribution in [3.8, 4) is 0 Å². The summed E-state index contributed by atoms with van der Waals surface area (Å²) in [5, 5.41) is 0.777. The Morgan fingerprint density at radius 1 is 1.24 bits per heavy atom. The number of imidazole rings is 1. The van der Waals surface area contributed by atoms with Crippen molar-refractivity contribution in [3.63, 3.8) is 0 Å². The monoisotopic (exact) mass is 248 g/mol. The molecule has 0 aliphatic rings. The van der Waals surface area contributed by atoms with Crippen molar-refractivity contribution >= 4 is 11.6 Å². The van der Waals surface area contributed by atoms with E-state index in [1.165, 1.54) is 5.56 Å². The number of hydrogen-bond donors (Lipinski definition) is 0. The highest BCUT2D eigenvalue weighted by molar-refractivity contribution is 6.30. The highest BCUT2D eigenvalue weighted by atomic mass is 35.5. The van der Waals surface area contributed by atoms with Gasteiger partial charge in [-0.2, -0.15) is 0 Å². The number of halogens is 1. The summed E-state index contributed by atoms with van der Waals surface area (Å²) in [6.07, 6.45) is 2.10. The van der Waals surface area contributed by atoms with Crippen LogP contribution in [0, 0.1) is 6.92 Å². The highest BCUT2D eigenvalue weighted by Gasteiger charge is 2.09. The number of aryl methyl sites for hydroxylation is 1. The quantitative estimate of drug-likeness (QED) is 0.802. The highest BCUT2D eigenvalue weighted by Crippen LogP contribution is 2.17. The lowest BCUT2D eigenvalue weighted by Gasteiger charge is -2.10. The van der Waals surface area contributed by atoms with Crippen molar-refractivity contribution in [3.05, 3.63) is 52.6 Å². The van der Waals surface area contributed by atoms with Gasteiger partial charge in [0.15, 0.2) is 0 Å². The molecule has 3 heteroatoms. The molecular formula is C14H17ClN2. The van der Waals surface area contributed by atoms with Crippen LogP contribution in [0.2, 0.25) is 5.02 Å². The second kappa shape index (κ2) is 4.92. The summed E-state index contributed by atoms with van der Waals surface area (Å²) in [6.45, 7) is 7.22.